The van der Waals surface area contributed by atoms with Crippen molar-refractivity contribution >= 4 is 22.3 Å². The summed E-state index contributed by atoms with van der Waals surface area (Å²) in [5.41, 5.74) is 5.45. The molecule has 0 aromatic rings. The second-order valence-corrected chi connectivity index (χ2v) is 10.9. The summed E-state index contributed by atoms with van der Waals surface area (Å²) in [7, 11) is -1.75. The Bertz CT molecular complexity index is 1030. The van der Waals surface area contributed by atoms with Crippen molar-refractivity contribution in [1.29, 1.82) is 0 Å². The van der Waals surface area contributed by atoms with Gasteiger partial charge in [-0.2, -0.15) is 8.42 Å². The highest BCUT2D eigenvalue weighted by molar-refractivity contribution is 7.81. The zero-order valence-corrected chi connectivity index (χ0v) is 21.8. The number of aliphatic hydroxyl groups excluding tert-OH is 1. The van der Waals surface area contributed by atoms with Gasteiger partial charge in [0.2, 0.25) is 0 Å². The van der Waals surface area contributed by atoms with Crippen LogP contribution in [0.15, 0.2) is 0 Å². The van der Waals surface area contributed by atoms with E-state index in [4.69, 9.17) is 38.3 Å². The van der Waals surface area contributed by atoms with Crippen LogP contribution in [0.4, 0.5) is 0 Å². The Morgan fingerprint density at radius 1 is 0.919 bits per heavy atom. The number of fused-ring (bicyclic) bond motifs is 4. The summed E-state index contributed by atoms with van der Waals surface area (Å²) in [4.78, 5) is 23.8. The van der Waals surface area contributed by atoms with E-state index in [9.17, 15) is 23.1 Å². The predicted octanol–water partition coefficient (Wildman–Crippen LogP) is -2.21. The Kier molecular flexibility index (Phi) is 7.16. The van der Waals surface area contributed by atoms with Gasteiger partial charge in [-0.15, -0.1) is 0 Å². The van der Waals surface area contributed by atoms with Crippen LogP contribution < -0.4 is 5.73 Å². The minimum atomic E-state index is -4.14. The van der Waals surface area contributed by atoms with Crippen LogP contribution in [0.1, 0.15) is 27.7 Å². The molecule has 5 fully saturated rings. The van der Waals surface area contributed by atoms with E-state index in [1.165, 1.54) is 14.2 Å². The largest absolute Gasteiger partial charge is 0.465 e. The summed E-state index contributed by atoms with van der Waals surface area (Å²) in [5.74, 6) is -7.29. The highest BCUT2D eigenvalue weighted by atomic mass is 32.3. The van der Waals surface area contributed by atoms with Gasteiger partial charge in [0.05, 0.1) is 20.8 Å². The lowest BCUT2D eigenvalue weighted by Crippen LogP contribution is -2.49. The summed E-state index contributed by atoms with van der Waals surface area (Å²) in [5, 5.41) is 9.98. The van der Waals surface area contributed by atoms with Crippen molar-refractivity contribution in [3.05, 3.63) is 0 Å². The number of aliphatic hydroxyl groups is 1. The van der Waals surface area contributed by atoms with Gasteiger partial charge in [-0.1, -0.05) is 0 Å². The van der Waals surface area contributed by atoms with Crippen LogP contribution in [0.25, 0.3) is 0 Å². The zero-order valence-electron chi connectivity index (χ0n) is 21.0. The topological polar surface area (TPSA) is 207 Å². The van der Waals surface area contributed by atoms with Gasteiger partial charge >= 0.3 is 33.9 Å². The monoisotopic (exact) mass is 557 g/mol. The van der Waals surface area contributed by atoms with E-state index in [1.807, 2.05) is 0 Å². The highest BCUT2D eigenvalue weighted by Gasteiger charge is 2.72. The first-order valence-corrected chi connectivity index (χ1v) is 12.6. The van der Waals surface area contributed by atoms with Crippen molar-refractivity contribution < 1.29 is 69.4 Å². The molecule has 0 spiro atoms. The van der Waals surface area contributed by atoms with Crippen molar-refractivity contribution in [2.75, 3.05) is 27.4 Å². The van der Waals surface area contributed by atoms with Crippen molar-refractivity contribution in [2.24, 2.45) is 5.73 Å². The first-order valence-electron chi connectivity index (χ1n) is 11.3. The standard InChI is InChI=1S/C10H17NO6.C10H14O9S/c1-9(2)16-7-6(12)5(4-11)15-10(7,17-9)8(13)14-3;1-9(2)17-7-6-5(4-15-20(12,13)18-6)16-10(7,19-9)8(11)14-3/h5-7,12H,4,11H2,1-3H3;5-7H,4H2,1-3H3/t2*5-,6+,7-,10+/m00/s1. The molecule has 0 aromatic carbocycles. The molecule has 0 bridgehead atoms. The first-order chi connectivity index (χ1) is 17.1. The lowest BCUT2D eigenvalue weighted by molar-refractivity contribution is -0.267. The van der Waals surface area contributed by atoms with Crippen LogP contribution >= 0.6 is 0 Å². The predicted molar refractivity (Wildman–Crippen MR) is 114 cm³/mol. The van der Waals surface area contributed by atoms with Crippen LogP contribution in [-0.4, -0.2) is 113 Å². The zero-order chi connectivity index (χ0) is 27.6. The minimum Gasteiger partial charge on any atom is -0.465 e. The Balaban J connectivity index is 0.000000176. The van der Waals surface area contributed by atoms with Gasteiger partial charge < -0.3 is 48.7 Å². The SMILES string of the molecule is COC(=O)[C@@]12O[C@@H](CN)[C@@H](O)[C@@H]1OC(C)(C)O2.COC(=O)[C@@]12O[C@H]3COS(=O)(=O)O[C@H]3[C@@H]1OC(C)(C)O2. The maximum atomic E-state index is 12.0. The Morgan fingerprint density at radius 3 is 1.95 bits per heavy atom. The number of hydrogen-bond acceptors (Lipinski definition) is 16. The number of esters is 2. The average molecular weight is 558 g/mol. The van der Waals surface area contributed by atoms with Gasteiger partial charge in [-0.3, -0.25) is 0 Å². The molecule has 37 heavy (non-hydrogen) atoms. The molecule has 3 N–H and O–H groups in total. The fraction of sp³-hybridized carbons (Fsp3) is 0.900. The number of carbonyl (C=O) groups excluding carboxylic acids is 2. The normalized spacial score (nSPS) is 44.1. The molecule has 5 rings (SSSR count). The molecule has 0 aliphatic carbocycles. The second kappa shape index (κ2) is 9.30. The molecule has 16 nitrogen and oxygen atoms in total. The second-order valence-electron chi connectivity index (χ2n) is 9.69. The molecule has 0 radical (unpaired) electrons. The third-order valence-electron chi connectivity index (χ3n) is 6.15. The Morgan fingerprint density at radius 2 is 1.43 bits per heavy atom. The first kappa shape index (κ1) is 28.5. The molecular formula is C20H31NO15S. The van der Waals surface area contributed by atoms with Crippen LogP contribution in [0.5, 0.6) is 0 Å². The molecule has 8 atom stereocenters. The maximum absolute atomic E-state index is 12.0. The molecule has 5 aliphatic rings. The fourth-order valence-electron chi connectivity index (χ4n) is 4.84. The van der Waals surface area contributed by atoms with E-state index in [0.29, 0.717) is 0 Å². The average Bonchev–Trinajstić information content (AvgIpc) is 3.44. The van der Waals surface area contributed by atoms with E-state index in [0.717, 1.165) is 0 Å². The summed E-state index contributed by atoms with van der Waals surface area (Å²) >= 11 is 0. The van der Waals surface area contributed by atoms with Crippen molar-refractivity contribution in [2.45, 2.75) is 87.5 Å². The summed E-state index contributed by atoms with van der Waals surface area (Å²) in [6.45, 7) is 6.18. The minimum absolute atomic E-state index is 0.0591. The van der Waals surface area contributed by atoms with Gasteiger partial charge in [0.1, 0.15) is 24.4 Å². The Hall–Kier alpha value is -1.51. The lowest BCUT2D eigenvalue weighted by atomic mass is 10.1. The fourth-order valence-corrected chi connectivity index (χ4v) is 5.69. The van der Waals surface area contributed by atoms with E-state index in [-0.39, 0.29) is 13.2 Å². The van der Waals surface area contributed by atoms with Crippen LogP contribution in [0.3, 0.4) is 0 Å². The molecule has 0 saturated carbocycles. The molecule has 5 heterocycles. The third kappa shape index (κ3) is 4.76. The van der Waals surface area contributed by atoms with Gasteiger partial charge in [0.25, 0.3) is 0 Å². The summed E-state index contributed by atoms with van der Waals surface area (Å²) < 4.78 is 74.4. The lowest BCUT2D eigenvalue weighted by Gasteiger charge is -2.28. The quantitative estimate of drug-likeness (QED) is 0.353. The van der Waals surface area contributed by atoms with E-state index >= 15 is 0 Å². The number of nitrogens with two attached hydrogens (primary N) is 1. The Labute approximate surface area is 212 Å². The summed E-state index contributed by atoms with van der Waals surface area (Å²) in [6.07, 6.45) is -5.57. The number of methoxy groups -OCH3 is 2. The van der Waals surface area contributed by atoms with Gasteiger partial charge in [-0.05, 0) is 27.7 Å². The molecule has 212 valence electrons. The van der Waals surface area contributed by atoms with Gasteiger partial charge in [-0.25, -0.2) is 18.0 Å². The van der Waals surface area contributed by atoms with E-state index in [1.54, 1.807) is 27.7 Å². The molecular weight excluding hydrogens is 526 g/mol. The van der Waals surface area contributed by atoms with Crippen molar-refractivity contribution in [1.82, 2.24) is 0 Å². The molecule has 0 aromatic heterocycles. The van der Waals surface area contributed by atoms with Crippen LogP contribution in [0, 0.1) is 0 Å². The molecule has 0 amide bonds. The number of carbonyl (C=O) groups is 2. The molecule has 5 aliphatic heterocycles. The van der Waals surface area contributed by atoms with E-state index in [2.05, 4.69) is 13.7 Å². The molecule has 17 heteroatoms. The van der Waals surface area contributed by atoms with Crippen LogP contribution in [-0.2, 0) is 66.2 Å². The molecule has 0 unspecified atom stereocenters. The van der Waals surface area contributed by atoms with E-state index < -0.39 is 82.1 Å². The summed E-state index contributed by atoms with van der Waals surface area (Å²) in [6, 6.07) is 0. The smallest absolute Gasteiger partial charge is 0.400 e. The van der Waals surface area contributed by atoms with Gasteiger partial charge in [0.15, 0.2) is 23.8 Å². The van der Waals surface area contributed by atoms with Crippen molar-refractivity contribution in [3.8, 4) is 0 Å². The van der Waals surface area contributed by atoms with Crippen molar-refractivity contribution in [3.63, 3.8) is 0 Å². The maximum Gasteiger partial charge on any atom is 0.400 e. The highest BCUT2D eigenvalue weighted by Crippen LogP contribution is 2.49. The number of rotatable bonds is 3. The van der Waals surface area contributed by atoms with Crippen LogP contribution in [0.2, 0.25) is 0 Å². The number of ether oxygens (including phenoxy) is 8. The number of hydrogen-bond donors (Lipinski definition) is 2. The third-order valence-corrected chi connectivity index (χ3v) is 7.03. The molecule has 5 saturated heterocycles. The van der Waals surface area contributed by atoms with Gasteiger partial charge in [0, 0.05) is 6.54 Å².